The van der Waals surface area contributed by atoms with Crippen molar-refractivity contribution >= 4 is 17.4 Å². The van der Waals surface area contributed by atoms with E-state index in [1.54, 1.807) is 19.5 Å². The Bertz CT molecular complexity index is 847. The lowest BCUT2D eigenvalue weighted by Gasteiger charge is -2.34. The molecule has 0 N–H and O–H groups in total. The number of rotatable bonds is 5. The van der Waals surface area contributed by atoms with Crippen molar-refractivity contribution in [1.82, 2.24) is 14.9 Å². The second-order valence-corrected chi connectivity index (χ2v) is 6.84. The van der Waals surface area contributed by atoms with Gasteiger partial charge < -0.3 is 19.3 Å². The van der Waals surface area contributed by atoms with Crippen LogP contribution in [0.15, 0.2) is 42.2 Å². The van der Waals surface area contributed by atoms with Crippen LogP contribution in [0.25, 0.3) is 11.3 Å². The summed E-state index contributed by atoms with van der Waals surface area (Å²) in [7, 11) is 1.68. The van der Waals surface area contributed by atoms with Crippen LogP contribution in [0.3, 0.4) is 0 Å². The lowest BCUT2D eigenvalue weighted by atomic mass is 10.1. The lowest BCUT2D eigenvalue weighted by Crippen LogP contribution is -2.45. The zero-order chi connectivity index (χ0) is 18.1. The van der Waals surface area contributed by atoms with Crippen molar-refractivity contribution in [3.8, 4) is 11.3 Å². The van der Waals surface area contributed by atoms with Crippen LogP contribution in [0, 0.1) is 6.92 Å². The number of pyridine rings is 2. The van der Waals surface area contributed by atoms with E-state index in [1.807, 2.05) is 25.1 Å². The van der Waals surface area contributed by atoms with Crippen LogP contribution in [0.2, 0.25) is 5.02 Å². The van der Waals surface area contributed by atoms with Crippen LogP contribution >= 0.6 is 11.6 Å². The van der Waals surface area contributed by atoms with E-state index < -0.39 is 0 Å². The van der Waals surface area contributed by atoms with Gasteiger partial charge in [0.25, 0.3) is 0 Å². The molecule has 0 saturated carbocycles. The first-order chi connectivity index (χ1) is 12.7. The molecule has 0 radical (unpaired) electrons. The van der Waals surface area contributed by atoms with Crippen LogP contribution in [0.5, 0.6) is 0 Å². The van der Waals surface area contributed by atoms with Crippen molar-refractivity contribution in [1.29, 1.82) is 0 Å². The largest absolute Gasteiger partial charge is 0.434 e. The van der Waals surface area contributed by atoms with Crippen molar-refractivity contribution in [2.75, 3.05) is 44.8 Å². The second kappa shape index (κ2) is 7.13. The molecule has 4 rings (SSSR count). The summed E-state index contributed by atoms with van der Waals surface area (Å²) < 4.78 is 10.6. The van der Waals surface area contributed by atoms with Gasteiger partial charge in [-0.1, -0.05) is 17.7 Å². The van der Waals surface area contributed by atoms with E-state index in [2.05, 4.69) is 19.8 Å². The highest BCUT2D eigenvalue weighted by atomic mass is 35.5. The molecule has 2 aliphatic heterocycles. The van der Waals surface area contributed by atoms with Gasteiger partial charge in [-0.3, -0.25) is 4.98 Å². The highest BCUT2D eigenvalue weighted by Gasteiger charge is 2.33. The molecule has 2 aromatic rings. The number of nitrogens with zero attached hydrogens (tertiary/aromatic N) is 4. The molecule has 26 heavy (non-hydrogen) atoms. The minimum Gasteiger partial charge on any atom is -0.434 e. The molecule has 2 aliphatic rings. The summed E-state index contributed by atoms with van der Waals surface area (Å²) in [6, 6.07) is 6.01. The summed E-state index contributed by atoms with van der Waals surface area (Å²) in [6.45, 7) is 6.12. The fourth-order valence-electron chi connectivity index (χ4n) is 3.24. The van der Waals surface area contributed by atoms with Gasteiger partial charge in [-0.15, -0.1) is 0 Å². The van der Waals surface area contributed by atoms with E-state index in [1.165, 1.54) is 0 Å². The van der Waals surface area contributed by atoms with Crippen molar-refractivity contribution in [2.45, 2.75) is 6.92 Å². The lowest BCUT2D eigenvalue weighted by molar-refractivity contribution is 0.199. The Morgan fingerprint density at radius 1 is 1.19 bits per heavy atom. The van der Waals surface area contributed by atoms with Gasteiger partial charge in [-0.25, -0.2) is 4.98 Å². The highest BCUT2D eigenvalue weighted by molar-refractivity contribution is 6.33. The Labute approximate surface area is 158 Å². The number of piperazine rings is 1. The molecule has 6 nitrogen and oxygen atoms in total. The summed E-state index contributed by atoms with van der Waals surface area (Å²) in [5, 5.41) is 0.620. The Hall–Kier alpha value is -2.31. The molecule has 0 atom stereocenters. The van der Waals surface area contributed by atoms with E-state index >= 15 is 0 Å². The molecule has 1 saturated heterocycles. The first kappa shape index (κ1) is 17.1. The van der Waals surface area contributed by atoms with Crippen LogP contribution in [-0.2, 0) is 9.47 Å². The molecule has 1 fully saturated rings. The third kappa shape index (κ3) is 3.34. The minimum atomic E-state index is 0.543. The Kier molecular flexibility index (Phi) is 4.70. The fraction of sp³-hybridized carbons (Fsp3) is 0.368. The van der Waals surface area contributed by atoms with Gasteiger partial charge in [0.1, 0.15) is 12.4 Å². The maximum Gasteiger partial charge on any atom is 0.237 e. The Morgan fingerprint density at radius 2 is 1.96 bits per heavy atom. The normalized spacial score (nSPS) is 16.7. The smallest absolute Gasteiger partial charge is 0.237 e. The molecule has 0 aromatic carbocycles. The molecule has 0 unspecified atom stereocenters. The minimum absolute atomic E-state index is 0.543. The van der Waals surface area contributed by atoms with Crippen molar-refractivity contribution < 1.29 is 9.47 Å². The number of aromatic nitrogens is 2. The summed E-state index contributed by atoms with van der Waals surface area (Å²) in [6.07, 6.45) is 3.51. The van der Waals surface area contributed by atoms with Gasteiger partial charge in [0.15, 0.2) is 5.76 Å². The SMILES string of the molecule is COCC1=C(N2CCN(c3cc(-c4ncccc4C)c(Cl)cn3)CC2)O1. The quantitative estimate of drug-likeness (QED) is 0.804. The average Bonchev–Trinajstić information content (AvgIpc) is 3.43. The number of anilines is 1. The van der Waals surface area contributed by atoms with E-state index in [-0.39, 0.29) is 0 Å². The van der Waals surface area contributed by atoms with Gasteiger partial charge >= 0.3 is 0 Å². The van der Waals surface area contributed by atoms with Crippen molar-refractivity contribution in [3.63, 3.8) is 0 Å². The molecule has 4 heterocycles. The molecule has 0 aliphatic carbocycles. The number of hydrogen-bond acceptors (Lipinski definition) is 6. The maximum atomic E-state index is 6.40. The topological polar surface area (TPSA) is 54.0 Å². The molecule has 2 aromatic heterocycles. The van der Waals surface area contributed by atoms with Gasteiger partial charge in [0.2, 0.25) is 5.88 Å². The molecule has 0 spiro atoms. The highest BCUT2D eigenvalue weighted by Crippen LogP contribution is 2.33. The van der Waals surface area contributed by atoms with Crippen LogP contribution in [-0.4, -0.2) is 54.8 Å². The van der Waals surface area contributed by atoms with E-state index in [0.717, 1.165) is 60.5 Å². The molecular weight excluding hydrogens is 352 g/mol. The van der Waals surface area contributed by atoms with Crippen LogP contribution < -0.4 is 4.90 Å². The molecule has 136 valence electrons. The number of ether oxygens (including phenoxy) is 2. The van der Waals surface area contributed by atoms with E-state index in [4.69, 9.17) is 21.1 Å². The zero-order valence-corrected chi connectivity index (χ0v) is 15.7. The van der Waals surface area contributed by atoms with Crippen LogP contribution in [0.4, 0.5) is 5.82 Å². The van der Waals surface area contributed by atoms with Crippen molar-refractivity contribution in [3.05, 3.63) is 52.8 Å². The van der Waals surface area contributed by atoms with Crippen LogP contribution in [0.1, 0.15) is 5.56 Å². The predicted octanol–water partition coefficient (Wildman–Crippen LogP) is 3.07. The third-order valence-corrected chi connectivity index (χ3v) is 4.99. The summed E-state index contributed by atoms with van der Waals surface area (Å²) >= 11 is 6.40. The van der Waals surface area contributed by atoms with E-state index in [0.29, 0.717) is 11.6 Å². The number of hydrogen-bond donors (Lipinski definition) is 0. The summed E-state index contributed by atoms with van der Waals surface area (Å²) in [5.74, 6) is 2.84. The second-order valence-electron chi connectivity index (χ2n) is 6.43. The third-order valence-electron chi connectivity index (χ3n) is 4.69. The Balaban J connectivity index is 1.50. The van der Waals surface area contributed by atoms with Crippen molar-refractivity contribution in [2.24, 2.45) is 0 Å². The first-order valence-corrected chi connectivity index (χ1v) is 9.02. The van der Waals surface area contributed by atoms with E-state index in [9.17, 15) is 0 Å². The standard InChI is InChI=1S/C19H21ClN4O2/c1-13-4-3-5-21-18(13)14-10-17(22-11-15(14)20)23-6-8-24(9-7-23)19-16(26-19)12-25-2/h3-5,10-11H,6-9,12H2,1-2H3. The number of aryl methyl sites for hydroxylation is 1. The first-order valence-electron chi connectivity index (χ1n) is 8.64. The Morgan fingerprint density at radius 3 is 2.69 bits per heavy atom. The number of methoxy groups -OCH3 is 1. The van der Waals surface area contributed by atoms with Gasteiger partial charge in [-0.05, 0) is 24.6 Å². The monoisotopic (exact) mass is 372 g/mol. The summed E-state index contributed by atoms with van der Waals surface area (Å²) in [5.41, 5.74) is 2.92. The average molecular weight is 373 g/mol. The molecule has 0 amide bonds. The maximum absolute atomic E-state index is 6.40. The van der Waals surface area contributed by atoms with Gasteiger partial charge in [-0.2, -0.15) is 0 Å². The fourth-order valence-corrected chi connectivity index (χ4v) is 3.44. The molecule has 0 bridgehead atoms. The van der Waals surface area contributed by atoms with Gasteiger partial charge in [0, 0.05) is 51.2 Å². The van der Waals surface area contributed by atoms with Gasteiger partial charge in [0.05, 0.1) is 10.7 Å². The number of halogens is 1. The molecule has 7 heteroatoms. The summed E-state index contributed by atoms with van der Waals surface area (Å²) in [4.78, 5) is 13.5. The zero-order valence-electron chi connectivity index (χ0n) is 14.9. The molecular formula is C19H21ClN4O2. The predicted molar refractivity (Wildman–Crippen MR) is 101 cm³/mol.